The topological polar surface area (TPSA) is 127 Å². The molecule has 1 fully saturated rings. The molecule has 8 heteroatoms. The number of aryl methyl sites for hydroxylation is 1. The van der Waals surface area contributed by atoms with Gasteiger partial charge in [0, 0.05) is 0 Å². The summed E-state index contributed by atoms with van der Waals surface area (Å²) in [6, 6.07) is 3.95. The number of benzene rings is 1. The smallest absolute Gasteiger partial charge is 0.320 e. The summed E-state index contributed by atoms with van der Waals surface area (Å²) in [5.74, 6) is -1.61. The number of carbonyl (C=O) groups is 2. The van der Waals surface area contributed by atoms with E-state index in [0.717, 1.165) is 0 Å². The quantitative estimate of drug-likeness (QED) is 0.709. The summed E-state index contributed by atoms with van der Waals surface area (Å²) in [7, 11) is -3.68. The molecule has 7 nitrogen and oxygen atoms in total. The lowest BCUT2D eigenvalue weighted by Gasteiger charge is -2.14. The fourth-order valence-electron chi connectivity index (χ4n) is 2.39. The van der Waals surface area contributed by atoms with E-state index in [4.69, 9.17) is 10.8 Å². The molecule has 114 valence electrons. The second-order valence-electron chi connectivity index (χ2n) is 5.10. The van der Waals surface area contributed by atoms with Crippen LogP contribution < -0.4 is 10.5 Å². The molecule has 0 saturated carbocycles. The third-order valence-electron chi connectivity index (χ3n) is 3.46. The van der Waals surface area contributed by atoms with Gasteiger partial charge < -0.3 is 10.8 Å². The van der Waals surface area contributed by atoms with Crippen molar-refractivity contribution in [2.45, 2.75) is 31.1 Å². The van der Waals surface area contributed by atoms with Crippen molar-refractivity contribution in [3.05, 3.63) is 34.9 Å². The lowest BCUT2D eigenvalue weighted by molar-refractivity contribution is -0.138. The van der Waals surface area contributed by atoms with Crippen LogP contribution in [0.5, 0.6) is 0 Å². The van der Waals surface area contributed by atoms with Crippen molar-refractivity contribution in [1.82, 2.24) is 4.72 Å². The molecule has 1 aromatic rings. The molecule has 2 rings (SSSR count). The molecule has 1 aliphatic heterocycles. The molecule has 0 bridgehead atoms. The first-order valence-corrected chi connectivity index (χ1v) is 7.87. The summed E-state index contributed by atoms with van der Waals surface area (Å²) in [4.78, 5) is 22.0. The van der Waals surface area contributed by atoms with Gasteiger partial charge in [-0.2, -0.15) is 0 Å². The van der Waals surface area contributed by atoms with Gasteiger partial charge >= 0.3 is 5.97 Å². The van der Waals surface area contributed by atoms with Crippen molar-refractivity contribution in [2.75, 3.05) is 0 Å². The molecule has 4 N–H and O–H groups in total. The Morgan fingerprint density at radius 2 is 2.19 bits per heavy atom. The van der Waals surface area contributed by atoms with E-state index < -0.39 is 33.2 Å². The molecule has 0 radical (unpaired) electrons. The van der Waals surface area contributed by atoms with Crippen molar-refractivity contribution in [3.63, 3.8) is 0 Å². The largest absolute Gasteiger partial charge is 0.480 e. The zero-order valence-electron chi connectivity index (χ0n) is 11.4. The van der Waals surface area contributed by atoms with Gasteiger partial charge in [-0.3, -0.25) is 14.3 Å². The van der Waals surface area contributed by atoms with Gasteiger partial charge in [-0.05, 0) is 30.0 Å². The van der Waals surface area contributed by atoms with Gasteiger partial charge in [0.2, 0.25) is 15.9 Å². The molecule has 1 unspecified atom stereocenters. The highest BCUT2D eigenvalue weighted by Gasteiger charge is 2.38. The van der Waals surface area contributed by atoms with Crippen molar-refractivity contribution in [3.8, 4) is 0 Å². The number of hydrogen-bond acceptors (Lipinski definition) is 5. The van der Waals surface area contributed by atoms with Crippen LogP contribution in [-0.2, 0) is 26.0 Å². The molecular weight excluding hydrogens is 296 g/mol. The molecular formula is C13H16N2O5S. The highest BCUT2D eigenvalue weighted by Crippen LogP contribution is 2.32. The Kier molecular flexibility index (Phi) is 4.02. The van der Waals surface area contributed by atoms with Crippen molar-refractivity contribution < 1.29 is 23.1 Å². The number of nitrogens with two attached hydrogens (primary N) is 1. The Labute approximate surface area is 122 Å². The first kappa shape index (κ1) is 15.5. The van der Waals surface area contributed by atoms with Crippen LogP contribution >= 0.6 is 0 Å². The van der Waals surface area contributed by atoms with Gasteiger partial charge in [-0.15, -0.1) is 0 Å². The van der Waals surface area contributed by atoms with Gasteiger partial charge in [0.1, 0.15) is 11.3 Å². The summed E-state index contributed by atoms with van der Waals surface area (Å²) < 4.78 is 25.7. The van der Waals surface area contributed by atoms with Gasteiger partial charge in [0.15, 0.2) is 0 Å². The van der Waals surface area contributed by atoms with Crippen LogP contribution in [0, 0.1) is 6.92 Å². The maximum atomic E-state index is 11.8. The highest BCUT2D eigenvalue weighted by atomic mass is 32.2. The van der Waals surface area contributed by atoms with Crippen LogP contribution in [0.3, 0.4) is 0 Å². The fraction of sp³-hybridized carbons (Fsp3) is 0.385. The van der Waals surface area contributed by atoms with Crippen LogP contribution in [0.2, 0.25) is 0 Å². The van der Waals surface area contributed by atoms with E-state index in [2.05, 4.69) is 0 Å². The summed E-state index contributed by atoms with van der Waals surface area (Å²) in [6.45, 7) is 1.73. The van der Waals surface area contributed by atoms with E-state index in [0.29, 0.717) is 16.7 Å². The maximum absolute atomic E-state index is 11.8. The number of rotatable bonds is 4. The first-order chi connectivity index (χ1) is 9.70. The third kappa shape index (κ3) is 3.22. The number of carboxylic acid groups (broad SMARTS) is 1. The zero-order chi connectivity index (χ0) is 15.8. The standard InChI is InChI=1S/C13H16N2O5S/c1-7-4-8(5-10(14)13(17)18)2-3-9(7)11-6-12(16)15-21(11,19)20/h2-4,10-11H,5-6,14H2,1H3,(H,15,16)(H,17,18)/t10-,11?/m0/s1. The molecule has 1 amide bonds. The van der Waals surface area contributed by atoms with E-state index in [1.54, 1.807) is 25.1 Å². The SMILES string of the molecule is Cc1cc(C[C@H](N)C(=O)O)ccc1C1CC(=O)NS1(=O)=O. The van der Waals surface area contributed by atoms with Crippen LogP contribution in [0.1, 0.15) is 28.4 Å². The van der Waals surface area contributed by atoms with Gasteiger partial charge in [0.05, 0.1) is 6.42 Å². The minimum Gasteiger partial charge on any atom is -0.480 e. The second kappa shape index (κ2) is 5.45. The Hall–Kier alpha value is -1.93. The summed E-state index contributed by atoms with van der Waals surface area (Å²) >= 11 is 0. The predicted molar refractivity (Wildman–Crippen MR) is 74.9 cm³/mol. The number of amides is 1. The van der Waals surface area contributed by atoms with Crippen molar-refractivity contribution in [1.29, 1.82) is 0 Å². The number of carboxylic acids is 1. The number of aliphatic carboxylic acids is 1. The van der Waals surface area contributed by atoms with Gasteiger partial charge in [0.25, 0.3) is 0 Å². The lowest BCUT2D eigenvalue weighted by atomic mass is 9.97. The monoisotopic (exact) mass is 312 g/mol. The molecule has 1 aromatic carbocycles. The van der Waals surface area contributed by atoms with E-state index in [1.807, 2.05) is 4.72 Å². The van der Waals surface area contributed by atoms with E-state index in [1.165, 1.54) is 0 Å². The highest BCUT2D eigenvalue weighted by molar-refractivity contribution is 7.90. The minimum atomic E-state index is -3.68. The molecule has 1 saturated heterocycles. The Morgan fingerprint density at radius 1 is 1.52 bits per heavy atom. The normalized spacial score (nSPS) is 21.8. The number of carbonyl (C=O) groups excluding carboxylic acids is 1. The summed E-state index contributed by atoms with van der Waals surface area (Å²) in [6.07, 6.45) is 0.0577. The molecule has 1 heterocycles. The summed E-state index contributed by atoms with van der Waals surface area (Å²) in [5.41, 5.74) is 7.41. The maximum Gasteiger partial charge on any atom is 0.320 e. The third-order valence-corrected chi connectivity index (χ3v) is 5.14. The Balaban J connectivity index is 2.28. The van der Waals surface area contributed by atoms with Crippen molar-refractivity contribution in [2.24, 2.45) is 5.73 Å². The fourth-order valence-corrected chi connectivity index (χ4v) is 3.91. The molecule has 0 aromatic heterocycles. The molecule has 2 atom stereocenters. The average molecular weight is 312 g/mol. The van der Waals surface area contributed by atoms with E-state index in [-0.39, 0.29) is 12.8 Å². The van der Waals surface area contributed by atoms with Crippen LogP contribution in [0.15, 0.2) is 18.2 Å². The Morgan fingerprint density at radius 3 is 2.67 bits per heavy atom. The Bertz CT molecular complexity index is 699. The van der Waals surface area contributed by atoms with E-state index >= 15 is 0 Å². The molecule has 21 heavy (non-hydrogen) atoms. The molecule has 0 spiro atoms. The number of sulfonamides is 1. The number of nitrogens with one attached hydrogen (secondary N) is 1. The minimum absolute atomic E-state index is 0.100. The van der Waals surface area contributed by atoms with Crippen LogP contribution in [0.25, 0.3) is 0 Å². The predicted octanol–water partition coefficient (Wildman–Crippen LogP) is -0.160. The second-order valence-corrected chi connectivity index (χ2v) is 6.97. The molecule has 0 aliphatic carbocycles. The van der Waals surface area contributed by atoms with Gasteiger partial charge in [-0.1, -0.05) is 18.2 Å². The lowest BCUT2D eigenvalue weighted by Crippen LogP contribution is -2.32. The molecule has 1 aliphatic rings. The average Bonchev–Trinajstić information content (AvgIpc) is 2.62. The zero-order valence-corrected chi connectivity index (χ0v) is 12.2. The van der Waals surface area contributed by atoms with Crippen molar-refractivity contribution >= 4 is 21.9 Å². The van der Waals surface area contributed by atoms with E-state index in [9.17, 15) is 18.0 Å². The summed E-state index contributed by atoms with van der Waals surface area (Å²) in [5, 5.41) is 7.89. The first-order valence-electron chi connectivity index (χ1n) is 6.33. The number of hydrogen-bond donors (Lipinski definition) is 3. The van der Waals surface area contributed by atoms with Gasteiger partial charge in [-0.25, -0.2) is 8.42 Å². The van der Waals surface area contributed by atoms with Crippen LogP contribution in [-0.4, -0.2) is 31.4 Å². The van der Waals surface area contributed by atoms with Crippen LogP contribution in [0.4, 0.5) is 0 Å².